The van der Waals surface area contributed by atoms with E-state index in [2.05, 4.69) is 42.7 Å². The Balaban J connectivity index is 2.14. The first-order chi connectivity index (χ1) is 8.70. The monoisotopic (exact) mass is 243 g/mol. The SMILES string of the molecule is CC(C)CN/C=C(\C=N)c1ccc2c(c1)NCC2. The van der Waals surface area contributed by atoms with Crippen LogP contribution in [0.1, 0.15) is 25.0 Å². The molecule has 0 fully saturated rings. The zero-order valence-electron chi connectivity index (χ0n) is 11.1. The molecule has 0 radical (unpaired) electrons. The molecule has 0 bridgehead atoms. The van der Waals surface area contributed by atoms with Gasteiger partial charge in [0.15, 0.2) is 0 Å². The van der Waals surface area contributed by atoms with Crippen molar-refractivity contribution in [2.45, 2.75) is 20.3 Å². The Kier molecular flexibility index (Phi) is 4.03. The smallest absolute Gasteiger partial charge is 0.0379 e. The molecule has 3 heteroatoms. The molecule has 1 aliphatic rings. The molecule has 2 rings (SSSR count). The van der Waals surface area contributed by atoms with Crippen molar-refractivity contribution in [1.82, 2.24) is 5.32 Å². The van der Waals surface area contributed by atoms with E-state index in [0.717, 1.165) is 30.6 Å². The van der Waals surface area contributed by atoms with E-state index in [1.54, 1.807) is 0 Å². The molecule has 96 valence electrons. The van der Waals surface area contributed by atoms with Crippen molar-refractivity contribution in [3.63, 3.8) is 0 Å². The minimum Gasteiger partial charge on any atom is -0.390 e. The summed E-state index contributed by atoms with van der Waals surface area (Å²) in [6, 6.07) is 6.39. The van der Waals surface area contributed by atoms with E-state index in [-0.39, 0.29) is 0 Å². The summed E-state index contributed by atoms with van der Waals surface area (Å²) in [5.41, 5.74) is 4.60. The molecule has 3 nitrogen and oxygen atoms in total. The number of allylic oxidation sites excluding steroid dienone is 1. The van der Waals surface area contributed by atoms with Crippen LogP contribution in [0.5, 0.6) is 0 Å². The highest BCUT2D eigenvalue weighted by Crippen LogP contribution is 2.25. The van der Waals surface area contributed by atoms with Crippen molar-refractivity contribution >= 4 is 17.5 Å². The molecular formula is C15H21N3. The van der Waals surface area contributed by atoms with Gasteiger partial charge >= 0.3 is 0 Å². The minimum absolute atomic E-state index is 0.606. The van der Waals surface area contributed by atoms with Gasteiger partial charge in [0.2, 0.25) is 0 Å². The summed E-state index contributed by atoms with van der Waals surface area (Å²) in [5.74, 6) is 0.606. The van der Waals surface area contributed by atoms with Crippen LogP contribution in [0.2, 0.25) is 0 Å². The second kappa shape index (κ2) is 5.71. The predicted octanol–water partition coefficient (Wildman–Crippen LogP) is 2.89. The van der Waals surface area contributed by atoms with Gasteiger partial charge in [0.25, 0.3) is 0 Å². The average Bonchev–Trinajstić information content (AvgIpc) is 2.81. The van der Waals surface area contributed by atoms with Crippen molar-refractivity contribution in [1.29, 1.82) is 5.41 Å². The summed E-state index contributed by atoms with van der Waals surface area (Å²) in [5, 5.41) is 14.2. The van der Waals surface area contributed by atoms with Crippen LogP contribution >= 0.6 is 0 Å². The number of hydrogen-bond donors (Lipinski definition) is 3. The fraction of sp³-hybridized carbons (Fsp3) is 0.400. The average molecular weight is 243 g/mol. The Hall–Kier alpha value is -1.77. The Bertz CT molecular complexity index is 461. The van der Waals surface area contributed by atoms with Gasteiger partial charge in [-0.15, -0.1) is 0 Å². The third-order valence-electron chi connectivity index (χ3n) is 3.09. The lowest BCUT2D eigenvalue weighted by atomic mass is 10.0. The molecule has 0 spiro atoms. The number of nitrogens with one attached hydrogen (secondary N) is 3. The van der Waals surface area contributed by atoms with Gasteiger partial charge in [-0.05, 0) is 29.5 Å². The lowest BCUT2D eigenvalue weighted by Crippen LogP contribution is -2.13. The Labute approximate surface area is 109 Å². The van der Waals surface area contributed by atoms with Gasteiger partial charge in [-0.3, -0.25) is 0 Å². The van der Waals surface area contributed by atoms with Crippen LogP contribution in [0.4, 0.5) is 5.69 Å². The summed E-state index contributed by atoms with van der Waals surface area (Å²) in [7, 11) is 0. The van der Waals surface area contributed by atoms with Crippen LogP contribution in [0.25, 0.3) is 5.57 Å². The highest BCUT2D eigenvalue weighted by molar-refractivity contribution is 6.08. The highest BCUT2D eigenvalue weighted by Gasteiger charge is 2.10. The summed E-state index contributed by atoms with van der Waals surface area (Å²) in [4.78, 5) is 0. The maximum atomic E-state index is 7.53. The summed E-state index contributed by atoms with van der Waals surface area (Å²) < 4.78 is 0. The number of hydrogen-bond acceptors (Lipinski definition) is 3. The predicted molar refractivity (Wildman–Crippen MR) is 78.2 cm³/mol. The minimum atomic E-state index is 0.606. The van der Waals surface area contributed by atoms with Gasteiger partial charge in [-0.2, -0.15) is 0 Å². The molecule has 1 aromatic rings. The molecule has 1 aromatic carbocycles. The first-order valence-electron chi connectivity index (χ1n) is 6.52. The molecule has 18 heavy (non-hydrogen) atoms. The zero-order chi connectivity index (χ0) is 13.0. The van der Waals surface area contributed by atoms with Gasteiger partial charge in [0.05, 0.1) is 0 Å². The van der Waals surface area contributed by atoms with Gasteiger partial charge in [-0.1, -0.05) is 26.0 Å². The molecule has 0 atom stereocenters. The van der Waals surface area contributed by atoms with E-state index in [1.165, 1.54) is 17.5 Å². The molecule has 0 amide bonds. The normalized spacial score (nSPS) is 14.3. The third kappa shape index (κ3) is 2.92. The van der Waals surface area contributed by atoms with E-state index >= 15 is 0 Å². The van der Waals surface area contributed by atoms with E-state index in [4.69, 9.17) is 5.41 Å². The standard InChI is InChI=1S/C15H21N3/c1-11(2)9-17-10-14(8-16)13-4-3-12-5-6-18-15(12)7-13/h3-4,7-8,10-11,16-18H,5-6,9H2,1-2H3/b14-10+,16-8?. The van der Waals surface area contributed by atoms with Crippen LogP contribution in [-0.2, 0) is 6.42 Å². The van der Waals surface area contributed by atoms with Crippen LogP contribution in [0.3, 0.4) is 0 Å². The highest BCUT2D eigenvalue weighted by atomic mass is 14.9. The second-order valence-corrected chi connectivity index (χ2v) is 5.09. The molecule has 0 aliphatic carbocycles. The lowest BCUT2D eigenvalue weighted by Gasteiger charge is -2.08. The van der Waals surface area contributed by atoms with Crippen molar-refractivity contribution in [3.8, 4) is 0 Å². The summed E-state index contributed by atoms with van der Waals surface area (Å²) >= 11 is 0. The van der Waals surface area contributed by atoms with E-state index in [9.17, 15) is 0 Å². The number of fused-ring (bicyclic) bond motifs is 1. The molecule has 3 N–H and O–H groups in total. The number of benzene rings is 1. The van der Waals surface area contributed by atoms with E-state index < -0.39 is 0 Å². The largest absolute Gasteiger partial charge is 0.390 e. The first-order valence-corrected chi connectivity index (χ1v) is 6.52. The van der Waals surface area contributed by atoms with Crippen molar-refractivity contribution in [2.75, 3.05) is 18.4 Å². The van der Waals surface area contributed by atoms with Crippen LogP contribution < -0.4 is 10.6 Å². The zero-order valence-corrected chi connectivity index (χ0v) is 11.1. The summed E-state index contributed by atoms with van der Waals surface area (Å²) in [6.45, 7) is 6.29. The lowest BCUT2D eigenvalue weighted by molar-refractivity contribution is 0.612. The fourth-order valence-electron chi connectivity index (χ4n) is 2.08. The first kappa shape index (κ1) is 12.7. The van der Waals surface area contributed by atoms with Crippen LogP contribution in [0, 0.1) is 11.3 Å². The van der Waals surface area contributed by atoms with Gasteiger partial charge in [-0.25, -0.2) is 0 Å². The molecular weight excluding hydrogens is 222 g/mol. The van der Waals surface area contributed by atoms with Crippen molar-refractivity contribution in [3.05, 3.63) is 35.5 Å². The topological polar surface area (TPSA) is 47.9 Å². The fourth-order valence-corrected chi connectivity index (χ4v) is 2.08. The molecule has 0 saturated carbocycles. The Morgan fingerprint density at radius 2 is 2.33 bits per heavy atom. The molecule has 0 saturated heterocycles. The van der Waals surface area contributed by atoms with Gasteiger partial charge in [0, 0.05) is 36.8 Å². The maximum absolute atomic E-state index is 7.53. The molecule has 0 aromatic heterocycles. The summed E-state index contributed by atoms with van der Waals surface area (Å²) in [6.07, 6.45) is 4.44. The second-order valence-electron chi connectivity index (χ2n) is 5.09. The van der Waals surface area contributed by atoms with Crippen LogP contribution in [0.15, 0.2) is 24.4 Å². The molecule has 1 heterocycles. The maximum Gasteiger partial charge on any atom is 0.0379 e. The van der Waals surface area contributed by atoms with Crippen molar-refractivity contribution < 1.29 is 0 Å². The Morgan fingerprint density at radius 3 is 3.06 bits per heavy atom. The van der Waals surface area contributed by atoms with E-state index in [0.29, 0.717) is 5.92 Å². The number of rotatable bonds is 5. The van der Waals surface area contributed by atoms with Crippen LogP contribution in [-0.4, -0.2) is 19.3 Å². The van der Waals surface area contributed by atoms with Gasteiger partial charge in [0.1, 0.15) is 0 Å². The van der Waals surface area contributed by atoms with Crippen molar-refractivity contribution in [2.24, 2.45) is 5.92 Å². The number of anilines is 1. The van der Waals surface area contributed by atoms with Gasteiger partial charge < -0.3 is 16.0 Å². The Morgan fingerprint density at radius 1 is 1.50 bits per heavy atom. The quantitative estimate of drug-likeness (QED) is 0.696. The third-order valence-corrected chi connectivity index (χ3v) is 3.09. The molecule has 0 unspecified atom stereocenters. The molecule has 1 aliphatic heterocycles. The van der Waals surface area contributed by atoms with E-state index in [1.807, 2.05) is 6.20 Å².